The number of nitrogens with zero attached hydrogens (tertiary/aromatic N) is 2. The lowest BCUT2D eigenvalue weighted by Gasteiger charge is -2.11. The topological polar surface area (TPSA) is 128 Å². The van der Waals surface area contributed by atoms with Crippen LogP contribution >= 0.6 is 0 Å². The fourth-order valence-electron chi connectivity index (χ4n) is 1.31. The first-order valence-electron chi connectivity index (χ1n) is 4.77. The summed E-state index contributed by atoms with van der Waals surface area (Å²) in [7, 11) is 1.19. The number of carbonyl (C=O) groups is 1. The van der Waals surface area contributed by atoms with Gasteiger partial charge in [-0.3, -0.25) is 18.7 Å². The quantitative estimate of drug-likeness (QED) is 0.519. The van der Waals surface area contributed by atoms with Crippen molar-refractivity contribution in [3.63, 3.8) is 0 Å². The van der Waals surface area contributed by atoms with Crippen molar-refractivity contribution in [2.45, 2.75) is 12.6 Å². The monoisotopic (exact) mass is 243 g/mol. The molecule has 1 aromatic rings. The zero-order valence-corrected chi connectivity index (χ0v) is 9.16. The van der Waals surface area contributed by atoms with E-state index in [0.29, 0.717) is 4.57 Å². The van der Waals surface area contributed by atoms with Gasteiger partial charge in [0, 0.05) is 13.2 Å². The minimum Gasteiger partial charge on any atom is -0.394 e. The summed E-state index contributed by atoms with van der Waals surface area (Å²) in [6.07, 6.45) is -0.183. The predicted octanol–water partition coefficient (Wildman–Crippen LogP) is -3.00. The van der Waals surface area contributed by atoms with Crippen LogP contribution in [-0.2, 0) is 13.6 Å². The third kappa shape index (κ3) is 2.60. The van der Waals surface area contributed by atoms with Crippen LogP contribution in [0.2, 0.25) is 0 Å². The summed E-state index contributed by atoms with van der Waals surface area (Å²) >= 11 is 0. The summed E-state index contributed by atoms with van der Waals surface area (Å²) in [4.78, 5) is 34.0. The Balaban J connectivity index is 3.38. The highest BCUT2D eigenvalue weighted by Gasteiger charge is 2.14. The van der Waals surface area contributed by atoms with Gasteiger partial charge in [0.05, 0.1) is 19.3 Å². The molecule has 0 saturated carbocycles. The van der Waals surface area contributed by atoms with Gasteiger partial charge in [0.2, 0.25) is 0 Å². The van der Waals surface area contributed by atoms with Gasteiger partial charge in [-0.2, -0.15) is 0 Å². The minimum absolute atomic E-state index is 0.232. The number of rotatable bonds is 4. The molecule has 1 rings (SSSR count). The van der Waals surface area contributed by atoms with Crippen LogP contribution in [0.25, 0.3) is 0 Å². The van der Waals surface area contributed by atoms with Crippen LogP contribution in [0.5, 0.6) is 0 Å². The van der Waals surface area contributed by atoms with Gasteiger partial charge < -0.3 is 15.9 Å². The molecule has 1 amide bonds. The first-order chi connectivity index (χ1) is 7.88. The van der Waals surface area contributed by atoms with Crippen LogP contribution in [0, 0.1) is 0 Å². The first kappa shape index (κ1) is 13.1. The van der Waals surface area contributed by atoms with E-state index in [-0.39, 0.29) is 12.1 Å². The molecule has 0 bridgehead atoms. The zero-order valence-electron chi connectivity index (χ0n) is 9.16. The van der Waals surface area contributed by atoms with Crippen molar-refractivity contribution in [2.24, 2.45) is 12.8 Å². The number of aliphatic hydroxyl groups is 2. The Morgan fingerprint density at radius 3 is 2.59 bits per heavy atom. The molecular weight excluding hydrogens is 230 g/mol. The molecule has 1 atom stereocenters. The average Bonchev–Trinajstić information content (AvgIpc) is 2.29. The Hall–Kier alpha value is -1.93. The van der Waals surface area contributed by atoms with Crippen LogP contribution in [-0.4, -0.2) is 38.0 Å². The normalized spacial score (nSPS) is 12.4. The smallest absolute Gasteiger partial charge is 0.330 e. The Morgan fingerprint density at radius 2 is 2.12 bits per heavy atom. The number of aromatic nitrogens is 2. The molecule has 0 saturated heterocycles. The third-order valence-electron chi connectivity index (χ3n) is 2.24. The molecule has 17 heavy (non-hydrogen) atoms. The molecule has 0 aliphatic heterocycles. The van der Waals surface area contributed by atoms with Gasteiger partial charge in [-0.25, -0.2) is 4.79 Å². The lowest BCUT2D eigenvalue weighted by atomic mass is 10.3. The number of amides is 1. The van der Waals surface area contributed by atoms with Crippen LogP contribution in [0.4, 0.5) is 0 Å². The van der Waals surface area contributed by atoms with Gasteiger partial charge in [0.25, 0.3) is 11.5 Å². The standard InChI is InChI=1S/C9H13N3O5/c1-11-8(16)6(7(10)15)3-12(9(11)17)2-5(14)4-13/h3,5,13-14H,2,4H2,1H3,(H2,10,15)/t5-/m0/s1. The van der Waals surface area contributed by atoms with Gasteiger partial charge in [0.15, 0.2) is 0 Å². The SMILES string of the molecule is Cn1c(=O)c(C(N)=O)cn(C[C@H](O)CO)c1=O. The van der Waals surface area contributed by atoms with Crippen LogP contribution in [0.15, 0.2) is 15.8 Å². The number of nitrogens with two attached hydrogens (primary N) is 1. The molecule has 0 spiro atoms. The summed E-state index contributed by atoms with van der Waals surface area (Å²) in [5.41, 5.74) is 3.14. The van der Waals surface area contributed by atoms with Crippen LogP contribution in [0.3, 0.4) is 0 Å². The van der Waals surface area contributed by atoms with Gasteiger partial charge >= 0.3 is 5.69 Å². The van der Waals surface area contributed by atoms with Gasteiger partial charge in [0.1, 0.15) is 5.56 Å². The highest BCUT2D eigenvalue weighted by atomic mass is 16.3. The van der Waals surface area contributed by atoms with Crippen molar-refractivity contribution < 1.29 is 15.0 Å². The Kier molecular flexibility index (Phi) is 3.81. The molecular formula is C9H13N3O5. The number of carbonyl (C=O) groups excluding carboxylic acids is 1. The van der Waals surface area contributed by atoms with Crippen molar-refractivity contribution in [3.8, 4) is 0 Å². The van der Waals surface area contributed by atoms with E-state index in [1.807, 2.05) is 0 Å². The Labute approximate surface area is 95.5 Å². The molecule has 94 valence electrons. The summed E-state index contributed by atoms with van der Waals surface area (Å²) in [6.45, 7) is -0.773. The van der Waals surface area contributed by atoms with E-state index in [9.17, 15) is 19.5 Å². The van der Waals surface area contributed by atoms with Crippen LogP contribution < -0.4 is 17.0 Å². The second-order valence-electron chi connectivity index (χ2n) is 3.54. The molecule has 0 aliphatic carbocycles. The molecule has 4 N–H and O–H groups in total. The number of hydrogen-bond acceptors (Lipinski definition) is 5. The van der Waals surface area contributed by atoms with E-state index < -0.39 is 29.9 Å². The lowest BCUT2D eigenvalue weighted by molar-refractivity contribution is 0.0794. The largest absolute Gasteiger partial charge is 0.394 e. The van der Waals surface area contributed by atoms with Crippen molar-refractivity contribution in [2.75, 3.05) is 6.61 Å². The predicted molar refractivity (Wildman–Crippen MR) is 57.6 cm³/mol. The van der Waals surface area contributed by atoms with Gasteiger partial charge in [-0.1, -0.05) is 0 Å². The van der Waals surface area contributed by atoms with E-state index in [2.05, 4.69) is 0 Å². The number of primary amides is 1. The molecule has 0 aliphatic rings. The zero-order chi connectivity index (χ0) is 13.2. The van der Waals surface area contributed by atoms with E-state index in [1.54, 1.807) is 0 Å². The maximum absolute atomic E-state index is 11.6. The molecule has 0 radical (unpaired) electrons. The van der Waals surface area contributed by atoms with Crippen molar-refractivity contribution >= 4 is 5.91 Å². The molecule has 0 fully saturated rings. The maximum atomic E-state index is 11.6. The van der Waals surface area contributed by atoms with Crippen molar-refractivity contribution in [1.29, 1.82) is 0 Å². The number of hydrogen-bond donors (Lipinski definition) is 3. The molecule has 1 aromatic heterocycles. The summed E-state index contributed by atoms with van der Waals surface area (Å²) in [5.74, 6) is -0.960. The molecule has 1 heterocycles. The number of aliphatic hydroxyl groups excluding tert-OH is 2. The lowest BCUT2D eigenvalue weighted by Crippen LogP contribution is -2.43. The highest BCUT2D eigenvalue weighted by Crippen LogP contribution is 1.91. The van der Waals surface area contributed by atoms with E-state index in [0.717, 1.165) is 10.8 Å². The Morgan fingerprint density at radius 1 is 1.53 bits per heavy atom. The first-order valence-corrected chi connectivity index (χ1v) is 4.77. The maximum Gasteiger partial charge on any atom is 0.330 e. The molecule has 0 aromatic carbocycles. The summed E-state index contributed by atoms with van der Waals surface area (Å²) in [5, 5.41) is 17.9. The summed E-state index contributed by atoms with van der Waals surface area (Å²) < 4.78 is 1.66. The van der Waals surface area contributed by atoms with Crippen molar-refractivity contribution in [3.05, 3.63) is 32.6 Å². The second kappa shape index (κ2) is 4.93. The fraction of sp³-hybridized carbons (Fsp3) is 0.444. The second-order valence-corrected chi connectivity index (χ2v) is 3.54. The molecule has 0 unspecified atom stereocenters. The minimum atomic E-state index is -1.16. The fourth-order valence-corrected chi connectivity index (χ4v) is 1.31. The highest BCUT2D eigenvalue weighted by molar-refractivity contribution is 5.92. The van der Waals surface area contributed by atoms with Crippen molar-refractivity contribution in [1.82, 2.24) is 9.13 Å². The molecule has 8 nitrogen and oxygen atoms in total. The van der Waals surface area contributed by atoms with E-state index in [1.165, 1.54) is 7.05 Å². The van der Waals surface area contributed by atoms with Gasteiger partial charge in [-0.15, -0.1) is 0 Å². The average molecular weight is 243 g/mol. The van der Waals surface area contributed by atoms with Gasteiger partial charge in [-0.05, 0) is 0 Å². The van der Waals surface area contributed by atoms with Crippen LogP contribution in [0.1, 0.15) is 10.4 Å². The molecule has 8 heteroatoms. The Bertz CT molecular complexity index is 545. The van der Waals surface area contributed by atoms with E-state index in [4.69, 9.17) is 10.8 Å². The van der Waals surface area contributed by atoms with E-state index >= 15 is 0 Å². The summed E-state index contributed by atoms with van der Waals surface area (Å²) in [6, 6.07) is 0. The third-order valence-corrected chi connectivity index (χ3v) is 2.24.